The van der Waals surface area contributed by atoms with Crippen molar-refractivity contribution in [1.29, 1.82) is 0 Å². The van der Waals surface area contributed by atoms with Crippen LogP contribution in [0.5, 0.6) is 5.88 Å². The smallest absolute Gasteiger partial charge is 0.213 e. The van der Waals surface area contributed by atoms with Crippen LogP contribution in [0, 0.1) is 0 Å². The SMILES string of the molecule is CCCNC(=NC)NCc1ccc(OCCC)nc1.I. The zero-order valence-corrected chi connectivity index (χ0v) is 14.8. The highest BCUT2D eigenvalue weighted by Gasteiger charge is 1.99. The maximum atomic E-state index is 5.44. The molecule has 20 heavy (non-hydrogen) atoms. The third kappa shape index (κ3) is 7.52. The van der Waals surface area contributed by atoms with Crippen LogP contribution < -0.4 is 15.4 Å². The third-order valence-electron chi connectivity index (χ3n) is 2.48. The van der Waals surface area contributed by atoms with Crippen LogP contribution in [0.25, 0.3) is 0 Å². The highest BCUT2D eigenvalue weighted by molar-refractivity contribution is 14.0. The van der Waals surface area contributed by atoms with Crippen molar-refractivity contribution in [2.45, 2.75) is 33.2 Å². The van der Waals surface area contributed by atoms with Gasteiger partial charge in [0.05, 0.1) is 6.61 Å². The summed E-state index contributed by atoms with van der Waals surface area (Å²) in [4.78, 5) is 8.41. The van der Waals surface area contributed by atoms with Crippen LogP contribution in [0.1, 0.15) is 32.3 Å². The van der Waals surface area contributed by atoms with Gasteiger partial charge in [-0.25, -0.2) is 4.98 Å². The molecule has 0 aromatic carbocycles. The molecule has 0 saturated carbocycles. The molecule has 0 fully saturated rings. The Labute approximate surface area is 138 Å². The predicted octanol–water partition coefficient (Wildman–Crippen LogP) is 2.56. The molecular formula is C14H25IN4O. The molecule has 5 nitrogen and oxygen atoms in total. The van der Waals surface area contributed by atoms with Gasteiger partial charge in [-0.2, -0.15) is 0 Å². The molecule has 0 amide bonds. The number of halogens is 1. The lowest BCUT2D eigenvalue weighted by Crippen LogP contribution is -2.37. The maximum absolute atomic E-state index is 5.44. The first-order chi connectivity index (χ1) is 9.30. The van der Waals surface area contributed by atoms with Gasteiger partial charge in [-0.15, -0.1) is 24.0 Å². The van der Waals surface area contributed by atoms with Crippen LogP contribution >= 0.6 is 24.0 Å². The second-order valence-corrected chi connectivity index (χ2v) is 4.21. The minimum Gasteiger partial charge on any atom is -0.478 e. The molecule has 0 aliphatic carbocycles. The molecule has 0 atom stereocenters. The van der Waals surface area contributed by atoms with Crippen molar-refractivity contribution < 1.29 is 4.74 Å². The molecule has 0 aliphatic rings. The molecule has 0 aliphatic heterocycles. The average Bonchev–Trinajstić information content (AvgIpc) is 2.46. The number of hydrogen-bond donors (Lipinski definition) is 2. The number of nitrogens with zero attached hydrogens (tertiary/aromatic N) is 2. The fraction of sp³-hybridized carbons (Fsp3) is 0.571. The summed E-state index contributed by atoms with van der Waals surface area (Å²) in [6.07, 6.45) is 3.89. The van der Waals surface area contributed by atoms with E-state index in [4.69, 9.17) is 4.74 Å². The number of pyridine rings is 1. The van der Waals surface area contributed by atoms with Gasteiger partial charge in [0.25, 0.3) is 0 Å². The number of aromatic nitrogens is 1. The molecule has 0 spiro atoms. The average molecular weight is 392 g/mol. The molecule has 2 N–H and O–H groups in total. The van der Waals surface area contributed by atoms with E-state index in [9.17, 15) is 0 Å². The van der Waals surface area contributed by atoms with Crippen molar-refractivity contribution in [2.75, 3.05) is 20.2 Å². The van der Waals surface area contributed by atoms with E-state index in [0.29, 0.717) is 19.0 Å². The standard InChI is InChI=1S/C14H24N4O.HI/c1-4-8-16-14(15-3)18-11-12-6-7-13(17-10-12)19-9-5-2;/h6-7,10H,4-5,8-9,11H2,1-3H3,(H2,15,16,18);1H. The summed E-state index contributed by atoms with van der Waals surface area (Å²) in [7, 11) is 1.77. The monoisotopic (exact) mass is 392 g/mol. The zero-order chi connectivity index (χ0) is 13.9. The van der Waals surface area contributed by atoms with Crippen molar-refractivity contribution in [3.8, 4) is 5.88 Å². The summed E-state index contributed by atoms with van der Waals surface area (Å²) in [5.74, 6) is 1.49. The summed E-state index contributed by atoms with van der Waals surface area (Å²) in [5, 5.41) is 6.46. The van der Waals surface area contributed by atoms with E-state index in [1.54, 1.807) is 7.05 Å². The third-order valence-corrected chi connectivity index (χ3v) is 2.48. The van der Waals surface area contributed by atoms with Gasteiger partial charge in [0.15, 0.2) is 5.96 Å². The molecule has 1 heterocycles. The molecule has 1 aromatic rings. The minimum atomic E-state index is 0. The van der Waals surface area contributed by atoms with E-state index in [2.05, 4.69) is 34.5 Å². The van der Waals surface area contributed by atoms with Crippen LogP contribution in [0.3, 0.4) is 0 Å². The Bertz CT molecular complexity index is 381. The van der Waals surface area contributed by atoms with Crippen LogP contribution in [-0.2, 0) is 6.54 Å². The van der Waals surface area contributed by atoms with E-state index in [1.165, 1.54) is 0 Å². The summed E-state index contributed by atoms with van der Waals surface area (Å²) in [5.41, 5.74) is 1.10. The van der Waals surface area contributed by atoms with Crippen LogP contribution in [0.4, 0.5) is 0 Å². The molecule has 1 aromatic heterocycles. The second kappa shape index (κ2) is 11.7. The lowest BCUT2D eigenvalue weighted by molar-refractivity contribution is 0.305. The summed E-state index contributed by atoms with van der Waals surface area (Å²) >= 11 is 0. The summed E-state index contributed by atoms with van der Waals surface area (Å²) in [6, 6.07) is 3.91. The van der Waals surface area contributed by atoms with Crippen molar-refractivity contribution >= 4 is 29.9 Å². The Morgan fingerprint density at radius 3 is 2.60 bits per heavy atom. The van der Waals surface area contributed by atoms with Gasteiger partial charge in [-0.3, -0.25) is 4.99 Å². The number of ether oxygens (including phenoxy) is 1. The normalized spacial score (nSPS) is 10.7. The number of rotatable bonds is 7. The lowest BCUT2D eigenvalue weighted by atomic mass is 10.3. The van der Waals surface area contributed by atoms with E-state index in [1.807, 2.05) is 18.3 Å². The Balaban J connectivity index is 0.00000361. The molecule has 6 heteroatoms. The Morgan fingerprint density at radius 2 is 2.05 bits per heavy atom. The predicted molar refractivity (Wildman–Crippen MR) is 93.9 cm³/mol. The van der Waals surface area contributed by atoms with Crippen molar-refractivity contribution in [3.63, 3.8) is 0 Å². The summed E-state index contributed by atoms with van der Waals surface area (Å²) in [6.45, 7) is 6.52. The highest BCUT2D eigenvalue weighted by atomic mass is 127. The first-order valence-corrected chi connectivity index (χ1v) is 6.82. The Hall–Kier alpha value is -1.05. The lowest BCUT2D eigenvalue weighted by Gasteiger charge is -2.11. The number of aliphatic imine (C=N–C) groups is 1. The van der Waals surface area contributed by atoms with Gasteiger partial charge in [0.1, 0.15) is 0 Å². The minimum absolute atomic E-state index is 0. The first-order valence-electron chi connectivity index (χ1n) is 6.82. The molecule has 0 unspecified atom stereocenters. The molecule has 0 radical (unpaired) electrons. The molecular weight excluding hydrogens is 367 g/mol. The topological polar surface area (TPSA) is 58.5 Å². The fourth-order valence-electron chi connectivity index (χ4n) is 1.46. The second-order valence-electron chi connectivity index (χ2n) is 4.21. The highest BCUT2D eigenvalue weighted by Crippen LogP contribution is 2.07. The van der Waals surface area contributed by atoms with E-state index >= 15 is 0 Å². The van der Waals surface area contributed by atoms with E-state index in [-0.39, 0.29) is 24.0 Å². The Morgan fingerprint density at radius 1 is 1.25 bits per heavy atom. The van der Waals surface area contributed by atoms with Crippen molar-refractivity contribution in [2.24, 2.45) is 4.99 Å². The van der Waals surface area contributed by atoms with Gasteiger partial charge >= 0.3 is 0 Å². The maximum Gasteiger partial charge on any atom is 0.213 e. The zero-order valence-electron chi connectivity index (χ0n) is 12.5. The van der Waals surface area contributed by atoms with E-state index in [0.717, 1.165) is 30.9 Å². The summed E-state index contributed by atoms with van der Waals surface area (Å²) < 4.78 is 5.44. The van der Waals surface area contributed by atoms with Crippen LogP contribution in [-0.4, -0.2) is 31.1 Å². The first kappa shape index (κ1) is 18.9. The number of guanidine groups is 1. The van der Waals surface area contributed by atoms with E-state index < -0.39 is 0 Å². The number of hydrogen-bond acceptors (Lipinski definition) is 3. The van der Waals surface area contributed by atoms with Crippen LogP contribution in [0.15, 0.2) is 23.3 Å². The fourth-order valence-corrected chi connectivity index (χ4v) is 1.46. The largest absolute Gasteiger partial charge is 0.478 e. The number of nitrogens with one attached hydrogen (secondary N) is 2. The molecule has 0 bridgehead atoms. The quantitative estimate of drug-likeness (QED) is 0.426. The van der Waals surface area contributed by atoms with Gasteiger partial charge in [-0.05, 0) is 18.4 Å². The molecule has 114 valence electrons. The van der Waals surface area contributed by atoms with Gasteiger partial charge in [0.2, 0.25) is 5.88 Å². The molecule has 1 rings (SSSR count). The Kier molecular flexibility index (Phi) is 11.1. The van der Waals surface area contributed by atoms with Crippen molar-refractivity contribution in [3.05, 3.63) is 23.9 Å². The molecule has 0 saturated heterocycles. The van der Waals surface area contributed by atoms with Gasteiger partial charge in [-0.1, -0.05) is 19.9 Å². The van der Waals surface area contributed by atoms with Gasteiger partial charge in [0, 0.05) is 32.4 Å². The van der Waals surface area contributed by atoms with Crippen LogP contribution in [0.2, 0.25) is 0 Å². The van der Waals surface area contributed by atoms with Gasteiger partial charge < -0.3 is 15.4 Å². The van der Waals surface area contributed by atoms with Crippen molar-refractivity contribution in [1.82, 2.24) is 15.6 Å².